The molecule has 0 spiro atoms. The Balaban J connectivity index is 0.000000216. The van der Waals surface area contributed by atoms with Crippen molar-refractivity contribution in [2.75, 3.05) is 0 Å². The van der Waals surface area contributed by atoms with E-state index in [0.717, 1.165) is 9.52 Å². The molecule has 0 heterocycles. The van der Waals surface area contributed by atoms with E-state index in [1.807, 2.05) is 0 Å². The SMILES string of the molecule is C[Si]C.Cc1ccccc1-c1cccc2[cH-]c(C(C)(C)C)cc12.Cc1ccccc1-c1cccc2[cH-]c(C(C)(C)C)cc12.[Hf]. The van der Waals surface area contributed by atoms with Crippen LogP contribution in [0.1, 0.15) is 63.8 Å². The second-order valence-electron chi connectivity index (χ2n) is 13.7. The Morgan fingerprint density at radius 2 is 0.795 bits per heavy atom. The first-order chi connectivity index (χ1) is 20.3. The Bertz CT molecular complexity index is 1670. The Labute approximate surface area is 288 Å². The van der Waals surface area contributed by atoms with E-state index in [-0.39, 0.29) is 36.7 Å². The Morgan fingerprint density at radius 1 is 0.477 bits per heavy atom. The van der Waals surface area contributed by atoms with Gasteiger partial charge >= 0.3 is 0 Å². The molecule has 6 rings (SSSR count). The molecule has 0 unspecified atom stereocenters. The van der Waals surface area contributed by atoms with E-state index in [2.05, 4.69) is 178 Å². The molecule has 44 heavy (non-hydrogen) atoms. The summed E-state index contributed by atoms with van der Waals surface area (Å²) in [6.45, 7) is 22.3. The van der Waals surface area contributed by atoms with Crippen LogP contribution in [0.3, 0.4) is 0 Å². The monoisotopic (exact) mass is 760 g/mol. The van der Waals surface area contributed by atoms with E-state index in [9.17, 15) is 0 Å². The van der Waals surface area contributed by atoms with Crippen molar-refractivity contribution in [1.29, 1.82) is 0 Å². The molecule has 0 aliphatic carbocycles. The van der Waals surface area contributed by atoms with E-state index in [4.69, 9.17) is 0 Å². The van der Waals surface area contributed by atoms with E-state index in [1.54, 1.807) is 0 Å². The van der Waals surface area contributed by atoms with Gasteiger partial charge in [0, 0.05) is 35.4 Å². The van der Waals surface area contributed by atoms with Crippen molar-refractivity contribution in [2.45, 2.75) is 79.3 Å². The van der Waals surface area contributed by atoms with E-state index >= 15 is 0 Å². The smallest absolute Gasteiger partial charge is 0.0307 e. The molecule has 0 aliphatic heterocycles. The fraction of sp³-hybridized carbons (Fsp3) is 0.286. The van der Waals surface area contributed by atoms with Crippen LogP contribution in [0, 0.1) is 13.8 Å². The maximum absolute atomic E-state index is 2.36. The summed E-state index contributed by atoms with van der Waals surface area (Å²) in [4.78, 5) is 0. The van der Waals surface area contributed by atoms with Gasteiger partial charge in [0.25, 0.3) is 0 Å². The third-order valence-electron chi connectivity index (χ3n) is 8.10. The van der Waals surface area contributed by atoms with Gasteiger partial charge in [0.1, 0.15) is 0 Å². The van der Waals surface area contributed by atoms with Crippen molar-refractivity contribution in [3.63, 3.8) is 0 Å². The largest absolute Gasteiger partial charge is 0.164 e. The minimum absolute atomic E-state index is 0. The fourth-order valence-electron chi connectivity index (χ4n) is 5.56. The molecule has 0 saturated heterocycles. The molecule has 0 aliphatic rings. The van der Waals surface area contributed by atoms with Crippen LogP contribution in [-0.4, -0.2) is 9.52 Å². The Kier molecular flexibility index (Phi) is 12.1. The van der Waals surface area contributed by atoms with Crippen molar-refractivity contribution in [2.24, 2.45) is 0 Å². The second-order valence-corrected chi connectivity index (χ2v) is 14.7. The molecule has 6 aromatic carbocycles. The van der Waals surface area contributed by atoms with Gasteiger partial charge in [0.05, 0.1) is 0 Å². The van der Waals surface area contributed by atoms with Crippen LogP contribution in [-0.2, 0) is 36.7 Å². The molecular formula is C42H48HfSi-2. The first-order valence-electron chi connectivity index (χ1n) is 15.5. The fourth-order valence-corrected chi connectivity index (χ4v) is 5.56. The zero-order valence-electron chi connectivity index (χ0n) is 28.4. The van der Waals surface area contributed by atoms with Crippen molar-refractivity contribution < 1.29 is 25.8 Å². The standard InChI is InChI=1S/2C20H21.C2H6Si.Hf/c2*1-14-8-5-6-10-17(14)18-11-7-9-15-12-16(13-19(15)18)20(2,3)4;1-3-2;/h2*5-13H,1-4H3;1-2H3;/q2*-1;;. The van der Waals surface area contributed by atoms with Crippen molar-refractivity contribution in [3.8, 4) is 22.3 Å². The van der Waals surface area contributed by atoms with Crippen LogP contribution in [0.25, 0.3) is 43.8 Å². The summed E-state index contributed by atoms with van der Waals surface area (Å²) in [5.74, 6) is 0. The number of fused-ring (bicyclic) bond motifs is 2. The molecule has 0 saturated carbocycles. The van der Waals surface area contributed by atoms with Gasteiger partial charge in [0.15, 0.2) is 0 Å². The van der Waals surface area contributed by atoms with Gasteiger partial charge in [-0.05, 0) is 46.9 Å². The van der Waals surface area contributed by atoms with Gasteiger partial charge in [-0.15, -0.1) is 69.1 Å². The first kappa shape index (κ1) is 35.7. The quantitative estimate of drug-likeness (QED) is 0.122. The van der Waals surface area contributed by atoms with Crippen molar-refractivity contribution in [1.82, 2.24) is 0 Å². The molecule has 0 nitrogen and oxygen atoms in total. The molecule has 2 heteroatoms. The number of hydrogen-bond acceptors (Lipinski definition) is 0. The summed E-state index contributed by atoms with van der Waals surface area (Å²) in [5.41, 5.74) is 11.2. The van der Waals surface area contributed by atoms with Crippen LogP contribution in [0.4, 0.5) is 0 Å². The van der Waals surface area contributed by atoms with Crippen LogP contribution in [0.2, 0.25) is 13.1 Å². The van der Waals surface area contributed by atoms with E-state index in [0.29, 0.717) is 0 Å². The molecule has 226 valence electrons. The minimum atomic E-state index is 0. The number of rotatable bonds is 2. The average Bonchev–Trinajstić information content (AvgIpc) is 3.60. The molecule has 0 amide bonds. The Morgan fingerprint density at radius 3 is 1.11 bits per heavy atom. The number of benzene rings is 4. The minimum Gasteiger partial charge on any atom is -0.164 e. The average molecular weight is 759 g/mol. The van der Waals surface area contributed by atoms with Gasteiger partial charge in [-0.3, -0.25) is 0 Å². The summed E-state index contributed by atoms with van der Waals surface area (Å²) in [5, 5.41) is 5.42. The van der Waals surface area contributed by atoms with Gasteiger partial charge in [0.2, 0.25) is 0 Å². The normalized spacial score (nSPS) is 11.3. The molecule has 0 bridgehead atoms. The number of aryl methyl sites for hydroxylation is 2. The molecule has 0 aromatic heterocycles. The van der Waals surface area contributed by atoms with Gasteiger partial charge in [-0.25, -0.2) is 0 Å². The zero-order chi connectivity index (χ0) is 31.4. The maximum atomic E-state index is 2.36. The van der Waals surface area contributed by atoms with Crippen molar-refractivity contribution in [3.05, 3.63) is 131 Å². The molecular weight excluding hydrogens is 711 g/mol. The number of hydrogen-bond donors (Lipinski definition) is 0. The summed E-state index contributed by atoms with van der Waals surface area (Å²) in [7, 11) is 1.08. The third kappa shape index (κ3) is 8.26. The van der Waals surface area contributed by atoms with Crippen LogP contribution < -0.4 is 0 Å². The zero-order valence-corrected chi connectivity index (χ0v) is 33.0. The summed E-state index contributed by atoms with van der Waals surface area (Å²) in [6.07, 6.45) is 0. The van der Waals surface area contributed by atoms with E-state index < -0.39 is 0 Å². The predicted molar refractivity (Wildman–Crippen MR) is 194 cm³/mol. The van der Waals surface area contributed by atoms with Gasteiger partial charge < -0.3 is 0 Å². The molecule has 6 aromatic rings. The molecule has 2 radical (unpaired) electrons. The first-order valence-corrected chi connectivity index (χ1v) is 17.5. The van der Waals surface area contributed by atoms with Gasteiger partial charge in [-0.1, -0.05) is 126 Å². The maximum Gasteiger partial charge on any atom is 0.0307 e. The van der Waals surface area contributed by atoms with Gasteiger partial charge in [-0.2, -0.15) is 12.1 Å². The van der Waals surface area contributed by atoms with E-state index in [1.165, 1.54) is 66.1 Å². The molecule has 0 N–H and O–H groups in total. The second kappa shape index (κ2) is 15.0. The Hall–Kier alpha value is -2.81. The summed E-state index contributed by atoms with van der Waals surface area (Å²) in [6, 6.07) is 39.8. The molecule has 0 fully saturated rings. The van der Waals surface area contributed by atoms with Crippen molar-refractivity contribution >= 4 is 31.1 Å². The predicted octanol–water partition coefficient (Wildman–Crippen LogP) is 12.4. The molecule has 0 atom stereocenters. The topological polar surface area (TPSA) is 0 Å². The third-order valence-corrected chi connectivity index (χ3v) is 8.10. The van der Waals surface area contributed by atoms with Crippen LogP contribution in [0.5, 0.6) is 0 Å². The summed E-state index contributed by atoms with van der Waals surface area (Å²) >= 11 is 0. The van der Waals surface area contributed by atoms with Crippen LogP contribution in [0.15, 0.2) is 109 Å². The summed E-state index contributed by atoms with van der Waals surface area (Å²) < 4.78 is 0. The van der Waals surface area contributed by atoms with Crippen LogP contribution >= 0.6 is 0 Å².